The van der Waals surface area contributed by atoms with E-state index in [-0.39, 0.29) is 11.6 Å². The Labute approximate surface area is 163 Å². The van der Waals surface area contributed by atoms with Crippen molar-refractivity contribution in [1.29, 1.82) is 5.26 Å². The molecule has 0 aliphatic heterocycles. The van der Waals surface area contributed by atoms with Crippen LogP contribution in [0.4, 0.5) is 11.5 Å². The summed E-state index contributed by atoms with van der Waals surface area (Å²) in [5, 5.41) is 14.8. The highest BCUT2D eigenvalue weighted by Crippen LogP contribution is 2.17. The van der Waals surface area contributed by atoms with Gasteiger partial charge in [-0.3, -0.25) is 4.79 Å². The van der Waals surface area contributed by atoms with Gasteiger partial charge in [-0.1, -0.05) is 24.3 Å². The van der Waals surface area contributed by atoms with Crippen LogP contribution in [0.3, 0.4) is 0 Å². The largest absolute Gasteiger partial charge is 0.496 e. The average molecular weight is 373 g/mol. The number of carbonyl (C=O) groups excluding carboxylic acids is 1. The standard InChI is InChI=1S/C21H19N5O2/c1-28-19-8-3-2-6-16(19)9-10-23-21(27)18-13-25-20(14-24-18)26-17-7-4-5-15(11-17)12-22/h2-8,11,13-14H,9-10H2,1H3,(H,23,27)(H,25,26). The van der Waals surface area contributed by atoms with E-state index in [2.05, 4.69) is 26.7 Å². The molecule has 1 amide bonds. The van der Waals surface area contributed by atoms with Crippen molar-refractivity contribution in [3.63, 3.8) is 0 Å². The maximum atomic E-state index is 12.2. The molecule has 7 nitrogen and oxygen atoms in total. The van der Waals surface area contributed by atoms with Gasteiger partial charge in [0.05, 0.1) is 31.1 Å². The summed E-state index contributed by atoms with van der Waals surface area (Å²) >= 11 is 0. The quantitative estimate of drug-likeness (QED) is 0.660. The molecular weight excluding hydrogens is 354 g/mol. The van der Waals surface area contributed by atoms with Crippen LogP contribution in [0.15, 0.2) is 60.9 Å². The number of nitriles is 1. The molecular formula is C21H19N5O2. The van der Waals surface area contributed by atoms with Crippen LogP contribution in [0.5, 0.6) is 5.75 Å². The lowest BCUT2D eigenvalue weighted by Gasteiger charge is -2.09. The molecule has 0 spiro atoms. The number of ether oxygens (including phenoxy) is 1. The second kappa shape index (κ2) is 9.14. The number of hydrogen-bond acceptors (Lipinski definition) is 6. The van der Waals surface area contributed by atoms with E-state index in [0.29, 0.717) is 24.3 Å². The minimum atomic E-state index is -0.291. The fourth-order valence-corrected chi connectivity index (χ4v) is 2.63. The third-order valence-corrected chi connectivity index (χ3v) is 4.02. The fraction of sp³-hybridized carbons (Fsp3) is 0.143. The number of rotatable bonds is 7. The number of amides is 1. The second-order valence-corrected chi connectivity index (χ2v) is 5.92. The summed E-state index contributed by atoms with van der Waals surface area (Å²) < 4.78 is 5.30. The van der Waals surface area contributed by atoms with E-state index in [1.165, 1.54) is 12.4 Å². The van der Waals surface area contributed by atoms with E-state index < -0.39 is 0 Å². The van der Waals surface area contributed by atoms with Crippen LogP contribution < -0.4 is 15.4 Å². The minimum absolute atomic E-state index is 0.233. The molecule has 0 aliphatic rings. The van der Waals surface area contributed by atoms with E-state index in [4.69, 9.17) is 10.00 Å². The molecule has 0 fully saturated rings. The molecule has 0 bridgehead atoms. The molecule has 140 valence electrons. The Bertz CT molecular complexity index is 996. The van der Waals surface area contributed by atoms with Gasteiger partial charge in [-0.25, -0.2) is 9.97 Å². The maximum Gasteiger partial charge on any atom is 0.271 e. The number of nitrogens with one attached hydrogen (secondary N) is 2. The summed E-state index contributed by atoms with van der Waals surface area (Å²) in [7, 11) is 1.62. The maximum absolute atomic E-state index is 12.2. The topological polar surface area (TPSA) is 99.9 Å². The Kier molecular flexibility index (Phi) is 6.16. The Morgan fingerprint density at radius 3 is 2.75 bits per heavy atom. The highest BCUT2D eigenvalue weighted by atomic mass is 16.5. The van der Waals surface area contributed by atoms with Crippen LogP contribution in [-0.4, -0.2) is 29.5 Å². The first kappa shape index (κ1) is 18.9. The van der Waals surface area contributed by atoms with Crippen molar-refractivity contribution in [1.82, 2.24) is 15.3 Å². The molecule has 2 aromatic carbocycles. The first-order valence-corrected chi connectivity index (χ1v) is 8.69. The Morgan fingerprint density at radius 1 is 1.14 bits per heavy atom. The van der Waals surface area contributed by atoms with Crippen LogP contribution in [0.1, 0.15) is 21.6 Å². The van der Waals surface area contributed by atoms with Gasteiger partial charge in [0.15, 0.2) is 0 Å². The van der Waals surface area contributed by atoms with Gasteiger partial charge in [-0.15, -0.1) is 0 Å². The summed E-state index contributed by atoms with van der Waals surface area (Å²) in [5.41, 5.74) is 2.53. The number of carbonyl (C=O) groups is 1. The van der Waals surface area contributed by atoms with E-state index in [1.54, 1.807) is 25.3 Å². The van der Waals surface area contributed by atoms with E-state index in [0.717, 1.165) is 17.0 Å². The SMILES string of the molecule is COc1ccccc1CCNC(=O)c1cnc(Nc2cccc(C#N)c2)cn1. The lowest BCUT2D eigenvalue weighted by molar-refractivity contribution is 0.0948. The van der Waals surface area contributed by atoms with Crippen LogP contribution >= 0.6 is 0 Å². The minimum Gasteiger partial charge on any atom is -0.496 e. The highest BCUT2D eigenvalue weighted by Gasteiger charge is 2.09. The zero-order chi connectivity index (χ0) is 19.8. The van der Waals surface area contributed by atoms with Crippen LogP contribution in [0.2, 0.25) is 0 Å². The molecule has 3 rings (SSSR count). The van der Waals surface area contributed by atoms with E-state index in [1.807, 2.05) is 30.3 Å². The zero-order valence-electron chi connectivity index (χ0n) is 15.3. The lowest BCUT2D eigenvalue weighted by atomic mass is 10.1. The van der Waals surface area contributed by atoms with Crippen molar-refractivity contribution in [3.8, 4) is 11.8 Å². The van der Waals surface area contributed by atoms with Gasteiger partial charge >= 0.3 is 0 Å². The number of anilines is 2. The third kappa shape index (κ3) is 4.83. The molecule has 0 aliphatic carbocycles. The van der Waals surface area contributed by atoms with Crippen molar-refractivity contribution >= 4 is 17.4 Å². The first-order chi connectivity index (χ1) is 13.7. The molecule has 2 N–H and O–H groups in total. The normalized spacial score (nSPS) is 10.0. The fourth-order valence-electron chi connectivity index (χ4n) is 2.63. The van der Waals surface area contributed by atoms with Gasteiger partial charge in [0, 0.05) is 12.2 Å². The summed E-state index contributed by atoms with van der Waals surface area (Å²) in [6.07, 6.45) is 3.54. The lowest BCUT2D eigenvalue weighted by Crippen LogP contribution is -2.26. The summed E-state index contributed by atoms with van der Waals surface area (Å²) in [4.78, 5) is 20.6. The Hall–Kier alpha value is -3.92. The number of hydrogen-bond donors (Lipinski definition) is 2. The van der Waals surface area contributed by atoms with E-state index >= 15 is 0 Å². The second-order valence-electron chi connectivity index (χ2n) is 5.92. The molecule has 7 heteroatoms. The highest BCUT2D eigenvalue weighted by molar-refractivity contribution is 5.92. The van der Waals surface area contributed by atoms with Gasteiger partial charge in [0.1, 0.15) is 17.3 Å². The molecule has 0 unspecified atom stereocenters. The smallest absolute Gasteiger partial charge is 0.271 e. The summed E-state index contributed by atoms with van der Waals surface area (Å²) in [6.45, 7) is 0.460. The summed E-state index contributed by atoms with van der Waals surface area (Å²) in [6, 6.07) is 16.8. The number of para-hydroxylation sites is 1. The molecule has 0 saturated carbocycles. The van der Waals surface area contributed by atoms with Gasteiger partial charge in [0.25, 0.3) is 5.91 Å². The van der Waals surface area contributed by atoms with Crippen molar-refractivity contribution in [3.05, 3.63) is 77.7 Å². The Morgan fingerprint density at radius 2 is 2.00 bits per heavy atom. The van der Waals surface area contributed by atoms with Gasteiger partial charge < -0.3 is 15.4 Å². The van der Waals surface area contributed by atoms with Gasteiger partial charge in [-0.05, 0) is 36.2 Å². The number of aromatic nitrogens is 2. The number of methoxy groups -OCH3 is 1. The predicted molar refractivity (Wildman–Crippen MR) is 106 cm³/mol. The molecule has 0 radical (unpaired) electrons. The number of benzene rings is 2. The molecule has 28 heavy (non-hydrogen) atoms. The average Bonchev–Trinajstić information content (AvgIpc) is 2.74. The molecule has 0 atom stereocenters. The van der Waals surface area contributed by atoms with E-state index in [9.17, 15) is 4.79 Å². The van der Waals surface area contributed by atoms with Crippen LogP contribution in [0, 0.1) is 11.3 Å². The van der Waals surface area contributed by atoms with Crippen molar-refractivity contribution in [2.75, 3.05) is 19.0 Å². The van der Waals surface area contributed by atoms with Crippen LogP contribution in [0.25, 0.3) is 0 Å². The van der Waals surface area contributed by atoms with Gasteiger partial charge in [-0.2, -0.15) is 5.26 Å². The van der Waals surface area contributed by atoms with Crippen molar-refractivity contribution < 1.29 is 9.53 Å². The Balaban J connectivity index is 1.55. The number of nitrogens with zero attached hydrogens (tertiary/aromatic N) is 3. The molecule has 1 aromatic heterocycles. The predicted octanol–water partition coefficient (Wildman–Crippen LogP) is 3.07. The van der Waals surface area contributed by atoms with Crippen molar-refractivity contribution in [2.45, 2.75) is 6.42 Å². The zero-order valence-corrected chi connectivity index (χ0v) is 15.3. The first-order valence-electron chi connectivity index (χ1n) is 8.69. The van der Waals surface area contributed by atoms with Gasteiger partial charge in [0.2, 0.25) is 0 Å². The third-order valence-electron chi connectivity index (χ3n) is 4.02. The molecule has 0 saturated heterocycles. The van der Waals surface area contributed by atoms with Crippen LogP contribution in [-0.2, 0) is 6.42 Å². The van der Waals surface area contributed by atoms with Crippen molar-refractivity contribution in [2.24, 2.45) is 0 Å². The monoisotopic (exact) mass is 373 g/mol. The molecule has 1 heterocycles. The summed E-state index contributed by atoms with van der Waals surface area (Å²) in [5.74, 6) is 0.994. The molecule has 3 aromatic rings.